The summed E-state index contributed by atoms with van der Waals surface area (Å²) in [6, 6.07) is 0. The largest absolute Gasteiger partial charge is 0.463 e. The smallest absolute Gasteiger partial charge is 0.302 e. The fraction of sp³-hybridized carbons (Fsp3) is 0.750. The van der Waals surface area contributed by atoms with E-state index in [0.29, 0.717) is 13.0 Å². The summed E-state index contributed by atoms with van der Waals surface area (Å²) in [5.74, 6) is -0.195. The highest BCUT2D eigenvalue weighted by atomic mass is 16.6. The van der Waals surface area contributed by atoms with Crippen LogP contribution in [-0.4, -0.2) is 42.3 Å². The first-order valence-corrected chi connectivity index (χ1v) is 4.25. The van der Waals surface area contributed by atoms with Crippen LogP contribution in [0.4, 0.5) is 0 Å². The van der Waals surface area contributed by atoms with E-state index in [1.807, 2.05) is 0 Å². The van der Waals surface area contributed by atoms with Crippen molar-refractivity contribution in [3.63, 3.8) is 0 Å². The van der Waals surface area contributed by atoms with Crippen molar-refractivity contribution in [2.75, 3.05) is 13.2 Å². The van der Waals surface area contributed by atoms with E-state index >= 15 is 0 Å². The van der Waals surface area contributed by atoms with E-state index < -0.39 is 0 Å². The lowest BCUT2D eigenvalue weighted by Gasteiger charge is -2.31. The first-order valence-electron chi connectivity index (χ1n) is 4.25. The number of hydrogen-bond acceptors (Lipinski definition) is 4. The summed E-state index contributed by atoms with van der Waals surface area (Å²) < 4.78 is 10.2. The normalized spacial score (nSPS) is 31.2. The lowest BCUT2D eigenvalue weighted by atomic mass is 10.2. The fourth-order valence-corrected chi connectivity index (χ4v) is 1.55. The summed E-state index contributed by atoms with van der Waals surface area (Å²) in [4.78, 5) is 23.1. The minimum Gasteiger partial charge on any atom is -0.463 e. The Morgan fingerprint density at radius 1 is 1.77 bits per heavy atom. The second-order valence-corrected chi connectivity index (χ2v) is 3.27. The van der Waals surface area contributed by atoms with E-state index in [9.17, 15) is 9.59 Å². The molecule has 2 unspecified atom stereocenters. The van der Waals surface area contributed by atoms with Crippen molar-refractivity contribution in [1.29, 1.82) is 0 Å². The van der Waals surface area contributed by atoms with Gasteiger partial charge in [-0.2, -0.15) is 0 Å². The van der Waals surface area contributed by atoms with E-state index in [2.05, 4.69) is 0 Å². The van der Waals surface area contributed by atoms with Crippen molar-refractivity contribution >= 4 is 11.9 Å². The standard InChI is InChI=1S/C8H11NO4/c1-5(10)12-4-6-3-9-7(11)2-8(9)13-6/h6,8H,2-4H2,1H3. The number of hydrogen-bond donors (Lipinski definition) is 0. The SMILES string of the molecule is CC(=O)OCC1CN2C(=O)CC2O1. The highest BCUT2D eigenvalue weighted by molar-refractivity contribution is 5.83. The van der Waals surface area contributed by atoms with Crippen LogP contribution >= 0.6 is 0 Å². The van der Waals surface area contributed by atoms with Crippen molar-refractivity contribution in [3.05, 3.63) is 0 Å². The minimum atomic E-state index is -0.316. The molecule has 2 aliphatic rings. The first-order chi connectivity index (χ1) is 6.16. The van der Waals surface area contributed by atoms with Crippen LogP contribution in [0.25, 0.3) is 0 Å². The molecule has 0 aliphatic carbocycles. The average Bonchev–Trinajstić information content (AvgIpc) is 2.39. The molecule has 0 aromatic heterocycles. The molecule has 2 atom stereocenters. The van der Waals surface area contributed by atoms with E-state index in [-0.39, 0.29) is 30.8 Å². The molecule has 5 nitrogen and oxygen atoms in total. The van der Waals surface area contributed by atoms with Crippen molar-refractivity contribution in [1.82, 2.24) is 4.90 Å². The maximum atomic E-state index is 10.9. The van der Waals surface area contributed by atoms with Crippen LogP contribution in [0.5, 0.6) is 0 Å². The van der Waals surface area contributed by atoms with Crippen LogP contribution in [0.3, 0.4) is 0 Å². The molecule has 2 heterocycles. The van der Waals surface area contributed by atoms with Gasteiger partial charge in [0.1, 0.15) is 18.9 Å². The molecule has 2 aliphatic heterocycles. The molecule has 2 saturated heterocycles. The molecule has 0 aromatic carbocycles. The third kappa shape index (κ3) is 1.51. The summed E-state index contributed by atoms with van der Waals surface area (Å²) in [6.45, 7) is 2.15. The lowest BCUT2D eigenvalue weighted by Crippen LogP contribution is -2.48. The third-order valence-electron chi connectivity index (χ3n) is 2.24. The molecule has 2 fully saturated rings. The maximum Gasteiger partial charge on any atom is 0.302 e. The fourth-order valence-electron chi connectivity index (χ4n) is 1.55. The molecular weight excluding hydrogens is 174 g/mol. The van der Waals surface area contributed by atoms with Gasteiger partial charge in [-0.25, -0.2) is 0 Å². The van der Waals surface area contributed by atoms with Crippen LogP contribution < -0.4 is 0 Å². The van der Waals surface area contributed by atoms with Gasteiger partial charge in [0.05, 0.1) is 13.0 Å². The van der Waals surface area contributed by atoms with Gasteiger partial charge >= 0.3 is 5.97 Å². The van der Waals surface area contributed by atoms with Gasteiger partial charge in [0.2, 0.25) is 5.91 Å². The van der Waals surface area contributed by atoms with Crippen LogP contribution in [0.15, 0.2) is 0 Å². The third-order valence-corrected chi connectivity index (χ3v) is 2.24. The van der Waals surface area contributed by atoms with Gasteiger partial charge in [0.15, 0.2) is 0 Å². The number of esters is 1. The first kappa shape index (κ1) is 8.50. The quantitative estimate of drug-likeness (QED) is 0.430. The summed E-state index contributed by atoms with van der Waals surface area (Å²) >= 11 is 0. The van der Waals surface area contributed by atoms with Crippen LogP contribution in [0, 0.1) is 0 Å². The molecular formula is C8H11NO4. The predicted octanol–water partition coefficient (Wildman–Crippen LogP) is -0.493. The van der Waals surface area contributed by atoms with Crippen molar-refractivity contribution < 1.29 is 19.1 Å². The highest BCUT2D eigenvalue weighted by Gasteiger charge is 2.45. The van der Waals surface area contributed by atoms with Crippen molar-refractivity contribution in [2.24, 2.45) is 0 Å². The zero-order chi connectivity index (χ0) is 9.42. The van der Waals surface area contributed by atoms with E-state index in [4.69, 9.17) is 9.47 Å². The van der Waals surface area contributed by atoms with E-state index in [1.165, 1.54) is 6.92 Å². The zero-order valence-electron chi connectivity index (χ0n) is 7.36. The van der Waals surface area contributed by atoms with Gasteiger partial charge in [-0.05, 0) is 0 Å². The van der Waals surface area contributed by atoms with Crippen LogP contribution in [-0.2, 0) is 19.1 Å². The molecule has 13 heavy (non-hydrogen) atoms. The minimum absolute atomic E-state index is 0.0620. The molecule has 5 heteroatoms. The monoisotopic (exact) mass is 185 g/mol. The Morgan fingerprint density at radius 2 is 2.54 bits per heavy atom. The number of ether oxygens (including phenoxy) is 2. The summed E-state index contributed by atoms with van der Waals surface area (Å²) in [6.07, 6.45) is 0.268. The zero-order valence-corrected chi connectivity index (χ0v) is 7.36. The van der Waals surface area contributed by atoms with E-state index in [1.54, 1.807) is 4.90 Å². The number of carbonyl (C=O) groups excluding carboxylic acids is 2. The Hall–Kier alpha value is -1.10. The van der Waals surface area contributed by atoms with Gasteiger partial charge in [-0.3, -0.25) is 9.59 Å². The second-order valence-electron chi connectivity index (χ2n) is 3.27. The highest BCUT2D eigenvalue weighted by Crippen LogP contribution is 2.28. The van der Waals surface area contributed by atoms with Crippen LogP contribution in [0.1, 0.15) is 13.3 Å². The van der Waals surface area contributed by atoms with E-state index in [0.717, 1.165) is 0 Å². The van der Waals surface area contributed by atoms with Crippen LogP contribution in [0.2, 0.25) is 0 Å². The number of β-lactam (4-membered cyclic amide) rings is 1. The average molecular weight is 185 g/mol. The number of fused-ring (bicyclic) bond motifs is 1. The van der Waals surface area contributed by atoms with Gasteiger partial charge < -0.3 is 14.4 Å². The Kier molecular flexibility index (Phi) is 1.95. The molecule has 0 N–H and O–H groups in total. The summed E-state index contributed by atoms with van der Waals surface area (Å²) in [7, 11) is 0. The van der Waals surface area contributed by atoms with Crippen molar-refractivity contribution in [3.8, 4) is 0 Å². The summed E-state index contributed by atoms with van der Waals surface area (Å²) in [5.41, 5.74) is 0. The number of carbonyl (C=O) groups is 2. The molecule has 72 valence electrons. The molecule has 0 radical (unpaired) electrons. The van der Waals surface area contributed by atoms with Gasteiger partial charge in [0.25, 0.3) is 0 Å². The van der Waals surface area contributed by atoms with Gasteiger partial charge in [-0.1, -0.05) is 0 Å². The predicted molar refractivity (Wildman–Crippen MR) is 41.6 cm³/mol. The lowest BCUT2D eigenvalue weighted by molar-refractivity contribution is -0.159. The molecule has 2 rings (SSSR count). The summed E-state index contributed by atoms with van der Waals surface area (Å²) in [5, 5.41) is 0. The molecule has 1 amide bonds. The molecule has 0 bridgehead atoms. The molecule has 0 aromatic rings. The Labute approximate surface area is 75.6 Å². The number of amides is 1. The molecule has 0 saturated carbocycles. The number of nitrogens with zero attached hydrogens (tertiary/aromatic N) is 1. The molecule has 0 spiro atoms. The maximum absolute atomic E-state index is 10.9. The Balaban J connectivity index is 1.78. The van der Waals surface area contributed by atoms with Gasteiger partial charge in [-0.15, -0.1) is 0 Å². The number of rotatable bonds is 2. The van der Waals surface area contributed by atoms with Gasteiger partial charge in [0, 0.05) is 6.92 Å². The van der Waals surface area contributed by atoms with Crippen molar-refractivity contribution in [2.45, 2.75) is 25.7 Å². The topological polar surface area (TPSA) is 55.8 Å². The second kappa shape index (κ2) is 2.99. The Morgan fingerprint density at radius 3 is 3.08 bits per heavy atom. The Bertz CT molecular complexity index is 253.